The summed E-state index contributed by atoms with van der Waals surface area (Å²) in [5.74, 6) is -0.750. The van der Waals surface area contributed by atoms with E-state index in [1.165, 1.54) is 31.2 Å². The van der Waals surface area contributed by atoms with Crippen molar-refractivity contribution in [1.82, 2.24) is 10.2 Å². The summed E-state index contributed by atoms with van der Waals surface area (Å²) >= 11 is 0. The van der Waals surface area contributed by atoms with Crippen LogP contribution in [0.4, 0.5) is 10.1 Å². The molecule has 35 heavy (non-hydrogen) atoms. The molecule has 2 amide bonds. The maximum Gasteiger partial charge on any atom is 0.261 e. The van der Waals surface area contributed by atoms with Gasteiger partial charge in [0.25, 0.3) is 21.8 Å². The zero-order chi connectivity index (χ0) is 25.0. The van der Waals surface area contributed by atoms with Crippen molar-refractivity contribution in [2.24, 2.45) is 0 Å². The van der Waals surface area contributed by atoms with Crippen LogP contribution in [-0.2, 0) is 10.0 Å². The lowest BCUT2D eigenvalue weighted by Crippen LogP contribution is -2.46. The molecule has 7 nitrogen and oxygen atoms in total. The molecular formula is C26H26FN3O4S. The molecule has 0 spiro atoms. The van der Waals surface area contributed by atoms with Crippen LogP contribution in [0.1, 0.15) is 39.1 Å². The van der Waals surface area contributed by atoms with Crippen molar-refractivity contribution < 1.29 is 22.4 Å². The fourth-order valence-electron chi connectivity index (χ4n) is 3.95. The fourth-order valence-corrected chi connectivity index (χ4v) is 5.09. The Morgan fingerprint density at radius 3 is 2.20 bits per heavy atom. The van der Waals surface area contributed by atoms with Gasteiger partial charge in [-0.2, -0.15) is 0 Å². The third-order valence-corrected chi connectivity index (χ3v) is 7.36. The number of nitrogens with one attached hydrogen (secondary N) is 2. The number of hydrogen-bond acceptors (Lipinski definition) is 4. The molecule has 0 aliphatic carbocycles. The van der Waals surface area contributed by atoms with Gasteiger partial charge in [-0.25, -0.2) is 12.8 Å². The summed E-state index contributed by atoms with van der Waals surface area (Å²) in [5.41, 5.74) is 1.58. The topological polar surface area (TPSA) is 95.6 Å². The quantitative estimate of drug-likeness (QED) is 0.541. The van der Waals surface area contributed by atoms with Gasteiger partial charge in [0.15, 0.2) is 0 Å². The summed E-state index contributed by atoms with van der Waals surface area (Å²) < 4.78 is 41.1. The van der Waals surface area contributed by atoms with E-state index >= 15 is 0 Å². The lowest BCUT2D eigenvalue weighted by molar-refractivity contribution is 0.0698. The van der Waals surface area contributed by atoms with Gasteiger partial charge in [0.05, 0.1) is 4.90 Å². The molecular weight excluding hydrogens is 469 g/mol. The van der Waals surface area contributed by atoms with Gasteiger partial charge >= 0.3 is 0 Å². The van der Waals surface area contributed by atoms with Crippen molar-refractivity contribution in [3.8, 4) is 0 Å². The highest BCUT2D eigenvalue weighted by Crippen LogP contribution is 2.20. The minimum Gasteiger partial charge on any atom is -0.349 e. The molecule has 9 heteroatoms. The maximum atomic E-state index is 13.5. The number of nitrogens with zero attached hydrogens (tertiary/aromatic N) is 1. The van der Waals surface area contributed by atoms with Crippen LogP contribution < -0.4 is 10.0 Å². The van der Waals surface area contributed by atoms with E-state index in [2.05, 4.69) is 10.0 Å². The highest BCUT2D eigenvalue weighted by Gasteiger charge is 2.25. The minimum absolute atomic E-state index is 0.00126. The first-order valence-electron chi connectivity index (χ1n) is 11.3. The third-order valence-electron chi connectivity index (χ3n) is 5.98. The predicted octanol–water partition coefficient (Wildman–Crippen LogP) is 3.97. The average molecular weight is 496 g/mol. The van der Waals surface area contributed by atoms with E-state index in [1.54, 1.807) is 29.2 Å². The molecule has 0 saturated carbocycles. The van der Waals surface area contributed by atoms with Crippen molar-refractivity contribution in [1.29, 1.82) is 0 Å². The van der Waals surface area contributed by atoms with E-state index < -0.39 is 15.8 Å². The minimum atomic E-state index is -3.89. The third kappa shape index (κ3) is 5.86. The van der Waals surface area contributed by atoms with E-state index in [4.69, 9.17) is 0 Å². The standard InChI is InChI=1S/C26H26FN3O4S/c1-18-17-23(11-12-24(18)27)35(33,34)29-22-9-7-20(8-10-22)26(32)30-15-13-21(14-16-30)28-25(31)19-5-3-2-4-6-19/h2-12,17,21,29H,13-16H2,1H3,(H,28,31). The Hall–Kier alpha value is -3.72. The second-order valence-electron chi connectivity index (χ2n) is 8.50. The number of benzene rings is 3. The molecule has 1 saturated heterocycles. The van der Waals surface area contributed by atoms with Crippen molar-refractivity contribution >= 4 is 27.5 Å². The second kappa shape index (κ2) is 10.3. The number of hydrogen-bond donors (Lipinski definition) is 2. The van der Waals surface area contributed by atoms with Gasteiger partial charge in [-0.15, -0.1) is 0 Å². The highest BCUT2D eigenvalue weighted by molar-refractivity contribution is 7.92. The number of likely N-dealkylation sites (tertiary alicyclic amines) is 1. The van der Waals surface area contributed by atoms with Gasteiger partial charge in [-0.3, -0.25) is 14.3 Å². The molecule has 2 N–H and O–H groups in total. The second-order valence-corrected chi connectivity index (χ2v) is 10.2. The van der Waals surface area contributed by atoms with Crippen molar-refractivity contribution in [2.45, 2.75) is 30.7 Å². The summed E-state index contributed by atoms with van der Waals surface area (Å²) in [4.78, 5) is 26.9. The van der Waals surface area contributed by atoms with Crippen LogP contribution in [0.25, 0.3) is 0 Å². The van der Waals surface area contributed by atoms with Crippen molar-refractivity contribution in [3.63, 3.8) is 0 Å². The smallest absolute Gasteiger partial charge is 0.261 e. The van der Waals surface area contributed by atoms with Crippen molar-refractivity contribution in [2.75, 3.05) is 17.8 Å². The number of carbonyl (C=O) groups is 2. The predicted molar refractivity (Wildman–Crippen MR) is 131 cm³/mol. The molecule has 0 bridgehead atoms. The Morgan fingerprint density at radius 2 is 1.57 bits per heavy atom. The van der Waals surface area contributed by atoms with E-state index in [1.807, 2.05) is 18.2 Å². The molecule has 1 heterocycles. The molecule has 0 aromatic heterocycles. The van der Waals surface area contributed by atoms with E-state index in [-0.39, 0.29) is 28.3 Å². The number of halogens is 1. The van der Waals surface area contributed by atoms with Crippen LogP contribution in [0.15, 0.2) is 77.7 Å². The van der Waals surface area contributed by atoms with E-state index in [0.29, 0.717) is 42.7 Å². The fraction of sp³-hybridized carbons (Fsp3) is 0.231. The van der Waals surface area contributed by atoms with Gasteiger partial charge in [-0.1, -0.05) is 18.2 Å². The number of anilines is 1. The molecule has 1 aliphatic heterocycles. The summed E-state index contributed by atoms with van der Waals surface area (Å²) in [5, 5.41) is 3.02. The monoisotopic (exact) mass is 495 g/mol. The van der Waals surface area contributed by atoms with Crippen LogP contribution in [-0.4, -0.2) is 44.3 Å². The van der Waals surface area contributed by atoms with Crippen LogP contribution in [0.5, 0.6) is 0 Å². The number of carbonyl (C=O) groups excluding carboxylic acids is 2. The van der Waals surface area contributed by atoms with Crippen LogP contribution in [0.2, 0.25) is 0 Å². The molecule has 1 aliphatic rings. The lowest BCUT2D eigenvalue weighted by atomic mass is 10.0. The molecule has 3 aromatic rings. The van der Waals surface area contributed by atoms with Gasteiger partial charge in [-0.05, 0) is 79.9 Å². The summed E-state index contributed by atoms with van der Waals surface area (Å²) in [6, 6.07) is 18.8. The Labute approximate surface area is 204 Å². The van der Waals surface area contributed by atoms with E-state index in [9.17, 15) is 22.4 Å². The van der Waals surface area contributed by atoms with Gasteiger partial charge < -0.3 is 10.2 Å². The molecule has 1 fully saturated rings. The normalized spacial score (nSPS) is 14.4. The van der Waals surface area contributed by atoms with Crippen LogP contribution in [0.3, 0.4) is 0 Å². The Kier molecular flexibility index (Phi) is 7.16. The van der Waals surface area contributed by atoms with Gasteiger partial charge in [0, 0.05) is 35.9 Å². The van der Waals surface area contributed by atoms with Crippen molar-refractivity contribution in [3.05, 3.63) is 95.3 Å². The molecule has 4 rings (SSSR count). The van der Waals surface area contributed by atoms with Gasteiger partial charge in [0.2, 0.25) is 0 Å². The Bertz CT molecular complexity index is 1320. The SMILES string of the molecule is Cc1cc(S(=O)(=O)Nc2ccc(C(=O)N3CCC(NC(=O)c4ccccc4)CC3)cc2)ccc1F. The lowest BCUT2D eigenvalue weighted by Gasteiger charge is -2.32. The zero-order valence-corrected chi connectivity index (χ0v) is 20.0. The molecule has 182 valence electrons. The first-order chi connectivity index (χ1) is 16.7. The molecule has 0 unspecified atom stereocenters. The number of piperidine rings is 1. The first-order valence-corrected chi connectivity index (χ1v) is 12.8. The number of aryl methyl sites for hydroxylation is 1. The maximum absolute atomic E-state index is 13.5. The largest absolute Gasteiger partial charge is 0.349 e. The Balaban J connectivity index is 1.33. The zero-order valence-electron chi connectivity index (χ0n) is 19.2. The van der Waals surface area contributed by atoms with Crippen LogP contribution in [0, 0.1) is 12.7 Å². The average Bonchev–Trinajstić information content (AvgIpc) is 2.86. The van der Waals surface area contributed by atoms with E-state index in [0.717, 1.165) is 6.07 Å². The number of rotatable bonds is 6. The summed E-state index contributed by atoms with van der Waals surface area (Å²) in [6.45, 7) is 2.52. The Morgan fingerprint density at radius 1 is 0.914 bits per heavy atom. The first kappa shape index (κ1) is 24.4. The number of amides is 2. The summed E-state index contributed by atoms with van der Waals surface area (Å²) in [7, 11) is -3.89. The summed E-state index contributed by atoms with van der Waals surface area (Å²) in [6.07, 6.45) is 1.30. The molecule has 3 aromatic carbocycles. The van der Waals surface area contributed by atoms with Gasteiger partial charge in [0.1, 0.15) is 5.82 Å². The highest BCUT2D eigenvalue weighted by atomic mass is 32.2. The molecule has 0 radical (unpaired) electrons. The number of sulfonamides is 1. The van der Waals surface area contributed by atoms with Crippen LogP contribution >= 0.6 is 0 Å². The molecule has 0 atom stereocenters.